The van der Waals surface area contributed by atoms with Gasteiger partial charge in [0.25, 0.3) is 0 Å². The van der Waals surface area contributed by atoms with Crippen molar-refractivity contribution in [3.63, 3.8) is 0 Å². The smallest absolute Gasteiger partial charge is 0.356 e. The van der Waals surface area contributed by atoms with E-state index in [1.165, 1.54) is 0 Å². The lowest BCUT2D eigenvalue weighted by Crippen LogP contribution is -2.12. The summed E-state index contributed by atoms with van der Waals surface area (Å²) in [4.78, 5) is 11.4. The minimum Gasteiger partial charge on any atom is -0.461 e. The molecule has 72 valence electrons. The Kier molecular flexibility index (Phi) is 3.06. The van der Waals surface area contributed by atoms with Crippen molar-refractivity contribution in [1.82, 2.24) is 9.78 Å². The zero-order chi connectivity index (χ0) is 9.84. The summed E-state index contributed by atoms with van der Waals surface area (Å²) in [6.45, 7) is 4.17. The number of hydrogen-bond donors (Lipinski definition) is 0. The van der Waals surface area contributed by atoms with E-state index >= 15 is 0 Å². The number of carbonyl (C=O) groups excluding carboxylic acids is 1. The Morgan fingerprint density at radius 2 is 2.31 bits per heavy atom. The van der Waals surface area contributed by atoms with Crippen molar-refractivity contribution >= 4 is 5.97 Å². The van der Waals surface area contributed by atoms with E-state index in [4.69, 9.17) is 4.74 Å². The van der Waals surface area contributed by atoms with Crippen molar-refractivity contribution in [2.24, 2.45) is 7.05 Å². The van der Waals surface area contributed by atoms with Crippen molar-refractivity contribution in [2.45, 2.75) is 20.3 Å². The number of esters is 1. The minimum absolute atomic E-state index is 0.292. The molecule has 0 fully saturated rings. The summed E-state index contributed by atoms with van der Waals surface area (Å²) in [6, 6.07) is 0. The Labute approximate surface area is 77.5 Å². The Morgan fingerprint density at radius 1 is 1.62 bits per heavy atom. The Balaban J connectivity index is 2.96. The van der Waals surface area contributed by atoms with Crippen molar-refractivity contribution in [3.05, 3.63) is 17.5 Å². The summed E-state index contributed by atoms with van der Waals surface area (Å²) >= 11 is 0. The molecule has 0 aliphatic carbocycles. The van der Waals surface area contributed by atoms with Gasteiger partial charge < -0.3 is 4.74 Å². The molecule has 0 radical (unpaired) electrons. The predicted molar refractivity (Wildman–Crippen MR) is 48.5 cm³/mol. The van der Waals surface area contributed by atoms with Crippen molar-refractivity contribution < 1.29 is 9.53 Å². The molecular formula is C9H14N2O2. The second-order valence-corrected chi connectivity index (χ2v) is 2.72. The molecule has 0 atom stereocenters. The molecule has 0 saturated carbocycles. The van der Waals surface area contributed by atoms with E-state index in [2.05, 4.69) is 5.10 Å². The lowest BCUT2D eigenvalue weighted by molar-refractivity contribution is 0.0512. The van der Waals surface area contributed by atoms with Crippen LogP contribution in [-0.4, -0.2) is 22.4 Å². The number of aryl methyl sites for hydroxylation is 2. The number of hydrogen-bond acceptors (Lipinski definition) is 3. The van der Waals surface area contributed by atoms with Gasteiger partial charge in [-0.1, -0.05) is 6.92 Å². The first-order valence-electron chi connectivity index (χ1n) is 4.38. The zero-order valence-corrected chi connectivity index (χ0v) is 8.20. The molecule has 1 aromatic heterocycles. The molecule has 0 bridgehead atoms. The molecule has 0 unspecified atom stereocenters. The maximum absolute atomic E-state index is 11.4. The van der Waals surface area contributed by atoms with E-state index in [1.54, 1.807) is 24.9 Å². The van der Waals surface area contributed by atoms with Gasteiger partial charge in [0.05, 0.1) is 12.8 Å². The van der Waals surface area contributed by atoms with Gasteiger partial charge in [-0.25, -0.2) is 4.79 Å². The van der Waals surface area contributed by atoms with Crippen LogP contribution in [0.3, 0.4) is 0 Å². The molecule has 1 rings (SSSR count). The summed E-state index contributed by atoms with van der Waals surface area (Å²) in [5.74, 6) is -0.292. The van der Waals surface area contributed by atoms with Crippen LogP contribution in [0.4, 0.5) is 0 Å². The van der Waals surface area contributed by atoms with Crippen molar-refractivity contribution in [2.75, 3.05) is 6.61 Å². The van der Waals surface area contributed by atoms with Crippen molar-refractivity contribution in [3.8, 4) is 0 Å². The number of carbonyl (C=O) groups is 1. The Bertz CT molecular complexity index is 305. The van der Waals surface area contributed by atoms with E-state index in [0.717, 1.165) is 12.0 Å². The van der Waals surface area contributed by atoms with Crippen LogP contribution < -0.4 is 0 Å². The predicted octanol–water partition coefficient (Wildman–Crippen LogP) is 1.16. The molecule has 0 N–H and O–H groups in total. The van der Waals surface area contributed by atoms with Crippen LogP contribution in [0.1, 0.15) is 29.9 Å². The zero-order valence-electron chi connectivity index (χ0n) is 8.20. The van der Waals surface area contributed by atoms with Gasteiger partial charge in [-0.15, -0.1) is 0 Å². The molecule has 0 aromatic carbocycles. The molecule has 4 nitrogen and oxygen atoms in total. The van der Waals surface area contributed by atoms with Gasteiger partial charge in [-0.3, -0.25) is 4.68 Å². The van der Waals surface area contributed by atoms with E-state index < -0.39 is 0 Å². The molecule has 13 heavy (non-hydrogen) atoms. The maximum atomic E-state index is 11.4. The van der Waals surface area contributed by atoms with Crippen LogP contribution in [0, 0.1) is 0 Å². The average molecular weight is 182 g/mol. The topological polar surface area (TPSA) is 44.1 Å². The van der Waals surface area contributed by atoms with Gasteiger partial charge >= 0.3 is 5.97 Å². The van der Waals surface area contributed by atoms with Crippen molar-refractivity contribution in [1.29, 1.82) is 0 Å². The highest BCUT2D eigenvalue weighted by Gasteiger charge is 2.15. The van der Waals surface area contributed by atoms with Gasteiger partial charge in [0.2, 0.25) is 0 Å². The normalized spacial score (nSPS) is 10.1. The quantitative estimate of drug-likeness (QED) is 0.659. The molecule has 0 aliphatic heterocycles. The highest BCUT2D eigenvalue weighted by atomic mass is 16.5. The lowest BCUT2D eigenvalue weighted by Gasteiger charge is -2.03. The van der Waals surface area contributed by atoms with Gasteiger partial charge in [-0.05, 0) is 13.3 Å². The number of ether oxygens (including phenoxy) is 1. The van der Waals surface area contributed by atoms with E-state index in [9.17, 15) is 4.79 Å². The van der Waals surface area contributed by atoms with Crippen LogP contribution in [0.25, 0.3) is 0 Å². The third-order valence-corrected chi connectivity index (χ3v) is 1.86. The second-order valence-electron chi connectivity index (χ2n) is 2.72. The molecule has 0 spiro atoms. The molecule has 0 aliphatic rings. The summed E-state index contributed by atoms with van der Waals surface area (Å²) in [7, 11) is 1.74. The molecule has 1 aromatic rings. The molecule has 0 saturated heterocycles. The first kappa shape index (κ1) is 9.77. The van der Waals surface area contributed by atoms with E-state index in [-0.39, 0.29) is 5.97 Å². The number of aromatic nitrogens is 2. The van der Waals surface area contributed by atoms with E-state index in [0.29, 0.717) is 12.3 Å². The Hall–Kier alpha value is -1.32. The van der Waals surface area contributed by atoms with Gasteiger partial charge in [0.15, 0.2) is 0 Å². The third-order valence-electron chi connectivity index (χ3n) is 1.86. The SMILES string of the molecule is CCOC(=O)c1c(CC)cnn1C. The average Bonchev–Trinajstić information content (AvgIpc) is 2.47. The fourth-order valence-electron chi connectivity index (χ4n) is 1.20. The summed E-state index contributed by atoms with van der Waals surface area (Å²) in [5.41, 5.74) is 1.49. The van der Waals surface area contributed by atoms with Crippen LogP contribution in [0.5, 0.6) is 0 Å². The first-order chi connectivity index (χ1) is 6.20. The summed E-state index contributed by atoms with van der Waals surface area (Å²) < 4.78 is 6.46. The highest BCUT2D eigenvalue weighted by molar-refractivity contribution is 5.89. The minimum atomic E-state index is -0.292. The molecule has 4 heteroatoms. The van der Waals surface area contributed by atoms with Crippen LogP contribution >= 0.6 is 0 Å². The van der Waals surface area contributed by atoms with Gasteiger partial charge in [0, 0.05) is 12.6 Å². The second kappa shape index (κ2) is 4.07. The molecule has 0 amide bonds. The van der Waals surface area contributed by atoms with Crippen LogP contribution in [-0.2, 0) is 18.2 Å². The monoisotopic (exact) mass is 182 g/mol. The standard InChI is InChI=1S/C9H14N2O2/c1-4-7-6-10-11(3)8(7)9(12)13-5-2/h6H,4-5H2,1-3H3. The van der Waals surface area contributed by atoms with Gasteiger partial charge in [-0.2, -0.15) is 5.10 Å². The number of nitrogens with zero attached hydrogens (tertiary/aromatic N) is 2. The van der Waals surface area contributed by atoms with E-state index in [1.807, 2.05) is 6.92 Å². The van der Waals surface area contributed by atoms with Gasteiger partial charge in [0.1, 0.15) is 5.69 Å². The first-order valence-corrected chi connectivity index (χ1v) is 4.38. The highest BCUT2D eigenvalue weighted by Crippen LogP contribution is 2.09. The largest absolute Gasteiger partial charge is 0.461 e. The Morgan fingerprint density at radius 3 is 2.85 bits per heavy atom. The number of rotatable bonds is 3. The fourth-order valence-corrected chi connectivity index (χ4v) is 1.20. The molecule has 1 heterocycles. The lowest BCUT2D eigenvalue weighted by atomic mass is 10.2. The third kappa shape index (κ3) is 1.88. The van der Waals surface area contributed by atoms with Crippen LogP contribution in [0.15, 0.2) is 6.20 Å². The molecular weight excluding hydrogens is 168 g/mol. The summed E-state index contributed by atoms with van der Waals surface area (Å²) in [5, 5.41) is 4.01. The fraction of sp³-hybridized carbons (Fsp3) is 0.556. The summed E-state index contributed by atoms with van der Waals surface area (Å²) in [6.07, 6.45) is 2.49. The van der Waals surface area contributed by atoms with Crippen LogP contribution in [0.2, 0.25) is 0 Å². The maximum Gasteiger partial charge on any atom is 0.356 e.